The van der Waals surface area contributed by atoms with Crippen molar-refractivity contribution in [2.75, 3.05) is 6.61 Å². The standard InChI is InChI=1S/C9H11NO5S/c1-2-15-6-3-4-7(9(11)12)8(5-6)16(10,13)14/h3-5H,2H2,1H3,(H,11,12)(H2,10,13,14). The number of hydrogen-bond donors (Lipinski definition) is 2. The van der Waals surface area contributed by atoms with Crippen LogP contribution in [0.2, 0.25) is 0 Å². The van der Waals surface area contributed by atoms with Gasteiger partial charge >= 0.3 is 5.97 Å². The maximum atomic E-state index is 11.2. The van der Waals surface area contributed by atoms with Crippen LogP contribution in [-0.4, -0.2) is 26.1 Å². The normalized spacial score (nSPS) is 11.1. The van der Waals surface area contributed by atoms with E-state index >= 15 is 0 Å². The topological polar surface area (TPSA) is 107 Å². The molecule has 16 heavy (non-hydrogen) atoms. The summed E-state index contributed by atoms with van der Waals surface area (Å²) < 4.78 is 27.4. The summed E-state index contributed by atoms with van der Waals surface area (Å²) in [4.78, 5) is 10.3. The van der Waals surface area contributed by atoms with Crippen molar-refractivity contribution < 1.29 is 23.1 Å². The van der Waals surface area contributed by atoms with Crippen molar-refractivity contribution in [3.63, 3.8) is 0 Å². The molecule has 0 aliphatic rings. The van der Waals surface area contributed by atoms with Gasteiger partial charge in [0.15, 0.2) is 0 Å². The van der Waals surface area contributed by atoms with Crippen LogP contribution >= 0.6 is 0 Å². The molecule has 7 heteroatoms. The van der Waals surface area contributed by atoms with Crippen LogP contribution in [0, 0.1) is 0 Å². The molecule has 0 heterocycles. The number of benzene rings is 1. The lowest BCUT2D eigenvalue weighted by Gasteiger charge is -2.07. The summed E-state index contributed by atoms with van der Waals surface area (Å²) in [7, 11) is -4.08. The van der Waals surface area contributed by atoms with Gasteiger partial charge in [-0.25, -0.2) is 18.4 Å². The SMILES string of the molecule is CCOc1ccc(C(=O)O)c(S(N)(=O)=O)c1. The van der Waals surface area contributed by atoms with Gasteiger partial charge in [-0.2, -0.15) is 0 Å². The molecule has 88 valence electrons. The van der Waals surface area contributed by atoms with E-state index in [4.69, 9.17) is 15.0 Å². The van der Waals surface area contributed by atoms with Crippen LogP contribution in [0.15, 0.2) is 23.1 Å². The van der Waals surface area contributed by atoms with E-state index in [2.05, 4.69) is 0 Å². The first-order valence-corrected chi connectivity index (χ1v) is 5.94. The second kappa shape index (κ2) is 4.50. The molecule has 0 spiro atoms. The number of carboxylic acid groups (broad SMARTS) is 1. The lowest BCUT2D eigenvalue weighted by atomic mass is 10.2. The minimum Gasteiger partial charge on any atom is -0.494 e. The first kappa shape index (κ1) is 12.5. The van der Waals surface area contributed by atoms with Gasteiger partial charge in [-0.3, -0.25) is 0 Å². The molecular weight excluding hydrogens is 234 g/mol. The van der Waals surface area contributed by atoms with Crippen LogP contribution in [0.25, 0.3) is 0 Å². The quantitative estimate of drug-likeness (QED) is 0.800. The highest BCUT2D eigenvalue weighted by Crippen LogP contribution is 2.21. The summed E-state index contributed by atoms with van der Waals surface area (Å²) in [6.07, 6.45) is 0. The van der Waals surface area contributed by atoms with Crippen molar-refractivity contribution in [3.8, 4) is 5.75 Å². The summed E-state index contributed by atoms with van der Waals surface area (Å²) in [5.41, 5.74) is -0.369. The first-order valence-electron chi connectivity index (χ1n) is 4.39. The highest BCUT2D eigenvalue weighted by atomic mass is 32.2. The number of carboxylic acids is 1. The highest BCUT2D eigenvalue weighted by Gasteiger charge is 2.19. The molecule has 0 aliphatic heterocycles. The van der Waals surface area contributed by atoms with Crippen LogP contribution < -0.4 is 9.88 Å². The number of carbonyl (C=O) groups is 1. The van der Waals surface area contributed by atoms with E-state index in [0.29, 0.717) is 6.61 Å². The van der Waals surface area contributed by atoms with Gasteiger partial charge in [0.25, 0.3) is 0 Å². The molecule has 0 radical (unpaired) electrons. The van der Waals surface area contributed by atoms with Crippen molar-refractivity contribution in [2.24, 2.45) is 5.14 Å². The van der Waals surface area contributed by atoms with E-state index in [9.17, 15) is 13.2 Å². The fourth-order valence-electron chi connectivity index (χ4n) is 1.17. The zero-order chi connectivity index (χ0) is 12.3. The summed E-state index contributed by atoms with van der Waals surface area (Å²) in [5, 5.41) is 13.7. The van der Waals surface area contributed by atoms with E-state index in [0.717, 1.165) is 12.1 Å². The second-order valence-corrected chi connectivity index (χ2v) is 4.47. The molecule has 3 N–H and O–H groups in total. The second-order valence-electron chi connectivity index (χ2n) is 2.94. The minimum absolute atomic E-state index is 0.261. The highest BCUT2D eigenvalue weighted by molar-refractivity contribution is 7.89. The maximum absolute atomic E-state index is 11.2. The molecule has 0 fully saturated rings. The predicted molar refractivity (Wildman–Crippen MR) is 55.9 cm³/mol. The monoisotopic (exact) mass is 245 g/mol. The van der Waals surface area contributed by atoms with Gasteiger partial charge in [-0.05, 0) is 19.1 Å². The Labute approximate surface area is 92.7 Å². The van der Waals surface area contributed by atoms with Crippen LogP contribution in [0.1, 0.15) is 17.3 Å². The van der Waals surface area contributed by atoms with Gasteiger partial charge < -0.3 is 9.84 Å². The Morgan fingerprint density at radius 3 is 2.56 bits per heavy atom. The minimum atomic E-state index is -4.08. The molecule has 0 amide bonds. The van der Waals surface area contributed by atoms with Gasteiger partial charge in [0.05, 0.1) is 17.1 Å². The van der Waals surface area contributed by atoms with Crippen molar-refractivity contribution >= 4 is 16.0 Å². The van der Waals surface area contributed by atoms with E-state index in [-0.39, 0.29) is 11.3 Å². The number of rotatable bonds is 4. The number of primary sulfonamides is 1. The first-order chi connectivity index (χ1) is 7.36. The molecule has 0 atom stereocenters. The summed E-state index contributed by atoms with van der Waals surface area (Å²) in [6.45, 7) is 2.07. The Morgan fingerprint density at radius 1 is 1.50 bits per heavy atom. The average Bonchev–Trinajstić information content (AvgIpc) is 2.16. The lowest BCUT2D eigenvalue weighted by molar-refractivity contribution is 0.0692. The molecule has 1 rings (SSSR count). The van der Waals surface area contributed by atoms with E-state index in [1.807, 2.05) is 0 Å². The summed E-state index contributed by atoms with van der Waals surface area (Å²) >= 11 is 0. The van der Waals surface area contributed by atoms with Crippen LogP contribution in [0.5, 0.6) is 5.75 Å². The third-order valence-corrected chi connectivity index (χ3v) is 2.75. The van der Waals surface area contributed by atoms with E-state index in [1.165, 1.54) is 6.07 Å². The molecule has 6 nitrogen and oxygen atoms in total. The van der Waals surface area contributed by atoms with E-state index in [1.54, 1.807) is 6.92 Å². The van der Waals surface area contributed by atoms with Crippen molar-refractivity contribution in [3.05, 3.63) is 23.8 Å². The average molecular weight is 245 g/mol. The van der Waals surface area contributed by atoms with Crippen molar-refractivity contribution in [2.45, 2.75) is 11.8 Å². The zero-order valence-electron chi connectivity index (χ0n) is 8.50. The Hall–Kier alpha value is -1.60. The number of sulfonamides is 1. The van der Waals surface area contributed by atoms with Crippen LogP contribution in [-0.2, 0) is 10.0 Å². The van der Waals surface area contributed by atoms with Crippen LogP contribution in [0.3, 0.4) is 0 Å². The number of hydrogen-bond acceptors (Lipinski definition) is 4. The molecule has 1 aromatic carbocycles. The Morgan fingerprint density at radius 2 is 2.12 bits per heavy atom. The predicted octanol–water partition coefficient (Wildman–Crippen LogP) is 0.431. The van der Waals surface area contributed by atoms with E-state index < -0.39 is 20.9 Å². The van der Waals surface area contributed by atoms with Crippen molar-refractivity contribution in [1.82, 2.24) is 0 Å². The molecular formula is C9H11NO5S. The van der Waals surface area contributed by atoms with Gasteiger partial charge in [0, 0.05) is 6.07 Å². The molecule has 1 aromatic rings. The fourth-order valence-corrected chi connectivity index (χ4v) is 1.91. The maximum Gasteiger partial charge on any atom is 0.337 e. The Kier molecular flexibility index (Phi) is 3.51. The molecule has 0 aromatic heterocycles. The number of nitrogens with two attached hydrogens (primary N) is 1. The van der Waals surface area contributed by atoms with Gasteiger partial charge in [0.2, 0.25) is 10.0 Å². The zero-order valence-corrected chi connectivity index (χ0v) is 9.32. The summed E-state index contributed by atoms with van der Waals surface area (Å²) in [6, 6.07) is 3.62. The largest absolute Gasteiger partial charge is 0.494 e. The lowest BCUT2D eigenvalue weighted by Crippen LogP contribution is -2.16. The third-order valence-electron chi connectivity index (χ3n) is 1.80. The van der Waals surface area contributed by atoms with Gasteiger partial charge in [-0.1, -0.05) is 0 Å². The molecule has 0 aliphatic carbocycles. The number of ether oxygens (including phenoxy) is 1. The Bertz CT molecular complexity index is 509. The molecule has 0 unspecified atom stereocenters. The third kappa shape index (κ3) is 2.71. The molecule has 0 bridgehead atoms. The summed E-state index contributed by atoms with van der Waals surface area (Å²) in [5.74, 6) is -1.09. The molecule has 0 saturated carbocycles. The number of aromatic carboxylic acids is 1. The van der Waals surface area contributed by atoms with Crippen LogP contribution in [0.4, 0.5) is 0 Å². The molecule has 0 saturated heterocycles. The van der Waals surface area contributed by atoms with Gasteiger partial charge in [-0.15, -0.1) is 0 Å². The fraction of sp³-hybridized carbons (Fsp3) is 0.222. The smallest absolute Gasteiger partial charge is 0.337 e. The Balaban J connectivity index is 3.39. The van der Waals surface area contributed by atoms with Crippen molar-refractivity contribution in [1.29, 1.82) is 0 Å². The van der Waals surface area contributed by atoms with Gasteiger partial charge in [0.1, 0.15) is 5.75 Å².